The van der Waals surface area contributed by atoms with Crippen LogP contribution in [0.1, 0.15) is 20.8 Å². The Bertz CT molecular complexity index is 324. The highest BCUT2D eigenvalue weighted by Crippen LogP contribution is 2.19. The Morgan fingerprint density at radius 2 is 1.71 bits per heavy atom. The summed E-state index contributed by atoms with van der Waals surface area (Å²) in [6.45, 7) is 5.81. The fourth-order valence-electron chi connectivity index (χ4n) is 0.972. The van der Waals surface area contributed by atoms with Crippen molar-refractivity contribution in [3.05, 3.63) is 24.3 Å². The predicted molar refractivity (Wildman–Crippen MR) is 54.0 cm³/mol. The maximum Gasteiger partial charge on any atom is 0.120 e. The second-order valence-electron chi connectivity index (χ2n) is 3.92. The molecule has 0 aliphatic rings. The molecule has 1 rings (SSSR count). The standard InChI is InChI=1S/C10H14O3S/c1-10(2,3)13-8-4-6-9(7-5-8)14(11)12/h4-7H,1-3H3,(H,11,12)/p-1. The highest BCUT2D eigenvalue weighted by Gasteiger charge is 2.11. The van der Waals surface area contributed by atoms with Gasteiger partial charge in [0.15, 0.2) is 0 Å². The molecule has 14 heavy (non-hydrogen) atoms. The number of benzene rings is 1. The number of hydrogen-bond acceptors (Lipinski definition) is 3. The van der Waals surface area contributed by atoms with E-state index in [4.69, 9.17) is 4.74 Å². The Morgan fingerprint density at radius 1 is 1.21 bits per heavy atom. The Labute approximate surface area is 86.4 Å². The SMILES string of the molecule is CC(C)(C)Oc1ccc(S(=O)[O-])cc1. The zero-order valence-electron chi connectivity index (χ0n) is 8.44. The summed E-state index contributed by atoms with van der Waals surface area (Å²) in [6, 6.07) is 6.33. The van der Waals surface area contributed by atoms with Crippen LogP contribution >= 0.6 is 0 Å². The van der Waals surface area contributed by atoms with Crippen LogP contribution in [0, 0.1) is 0 Å². The normalized spacial score (nSPS) is 13.7. The lowest BCUT2D eigenvalue weighted by Gasteiger charge is -2.21. The average Bonchev–Trinajstić information content (AvgIpc) is 2.02. The topological polar surface area (TPSA) is 49.4 Å². The van der Waals surface area contributed by atoms with Gasteiger partial charge in [-0.25, -0.2) is 0 Å². The highest BCUT2D eigenvalue weighted by molar-refractivity contribution is 7.79. The monoisotopic (exact) mass is 213 g/mol. The Morgan fingerprint density at radius 3 is 2.07 bits per heavy atom. The van der Waals surface area contributed by atoms with Crippen LogP contribution in [0.15, 0.2) is 29.2 Å². The van der Waals surface area contributed by atoms with E-state index in [0.29, 0.717) is 5.75 Å². The van der Waals surface area contributed by atoms with Gasteiger partial charge in [0.2, 0.25) is 0 Å². The van der Waals surface area contributed by atoms with Gasteiger partial charge in [0.05, 0.1) is 0 Å². The Kier molecular flexibility index (Phi) is 3.29. The van der Waals surface area contributed by atoms with Crippen LogP contribution in [0.3, 0.4) is 0 Å². The van der Waals surface area contributed by atoms with Gasteiger partial charge in [-0.15, -0.1) is 0 Å². The van der Waals surface area contributed by atoms with Crippen molar-refractivity contribution in [2.24, 2.45) is 0 Å². The summed E-state index contributed by atoms with van der Waals surface area (Å²) < 4.78 is 26.6. The summed E-state index contributed by atoms with van der Waals surface area (Å²) in [4.78, 5) is 0.270. The predicted octanol–water partition coefficient (Wildman–Crippen LogP) is 2.10. The van der Waals surface area contributed by atoms with Crippen LogP contribution in [0.2, 0.25) is 0 Å². The minimum absolute atomic E-state index is 0.266. The summed E-state index contributed by atoms with van der Waals surface area (Å²) in [6.07, 6.45) is 0. The lowest BCUT2D eigenvalue weighted by molar-refractivity contribution is 0.131. The lowest BCUT2D eigenvalue weighted by Crippen LogP contribution is -2.22. The third-order valence-corrected chi connectivity index (χ3v) is 2.10. The van der Waals surface area contributed by atoms with E-state index in [1.54, 1.807) is 12.1 Å². The molecule has 0 heterocycles. The van der Waals surface area contributed by atoms with Crippen molar-refractivity contribution in [2.45, 2.75) is 31.3 Å². The first kappa shape index (κ1) is 11.2. The first-order valence-corrected chi connectivity index (χ1v) is 5.34. The molecule has 0 bridgehead atoms. The molecule has 1 atom stereocenters. The summed E-state index contributed by atoms with van der Waals surface area (Å²) in [7, 11) is 0. The van der Waals surface area contributed by atoms with E-state index in [9.17, 15) is 8.76 Å². The summed E-state index contributed by atoms with van der Waals surface area (Å²) in [5.41, 5.74) is -0.266. The van der Waals surface area contributed by atoms with Gasteiger partial charge in [0.25, 0.3) is 0 Å². The third-order valence-electron chi connectivity index (χ3n) is 1.44. The van der Waals surface area contributed by atoms with E-state index in [2.05, 4.69) is 0 Å². The molecule has 0 spiro atoms. The van der Waals surface area contributed by atoms with Crippen molar-refractivity contribution in [3.8, 4) is 5.75 Å². The molecule has 0 fully saturated rings. The smallest absolute Gasteiger partial charge is 0.120 e. The molecule has 1 unspecified atom stereocenters. The lowest BCUT2D eigenvalue weighted by atomic mass is 10.2. The van der Waals surface area contributed by atoms with Gasteiger partial charge < -0.3 is 9.29 Å². The summed E-state index contributed by atoms with van der Waals surface area (Å²) in [5.74, 6) is 0.673. The van der Waals surface area contributed by atoms with Crippen molar-refractivity contribution >= 4 is 11.1 Å². The largest absolute Gasteiger partial charge is 0.768 e. The van der Waals surface area contributed by atoms with Crippen LogP contribution in [-0.2, 0) is 11.1 Å². The van der Waals surface area contributed by atoms with Gasteiger partial charge in [-0.2, -0.15) is 0 Å². The average molecular weight is 213 g/mol. The quantitative estimate of drug-likeness (QED) is 0.707. The Hall–Kier alpha value is -0.870. The van der Waals surface area contributed by atoms with Crippen molar-refractivity contribution in [1.82, 2.24) is 0 Å². The van der Waals surface area contributed by atoms with E-state index in [1.807, 2.05) is 20.8 Å². The number of rotatable bonds is 2. The van der Waals surface area contributed by atoms with Crippen molar-refractivity contribution in [3.63, 3.8) is 0 Å². The van der Waals surface area contributed by atoms with Crippen LogP contribution in [0.25, 0.3) is 0 Å². The van der Waals surface area contributed by atoms with Gasteiger partial charge in [0, 0.05) is 4.90 Å². The third kappa shape index (κ3) is 3.47. The molecule has 1 aromatic carbocycles. The zero-order valence-corrected chi connectivity index (χ0v) is 9.26. The van der Waals surface area contributed by atoms with E-state index in [-0.39, 0.29) is 10.5 Å². The van der Waals surface area contributed by atoms with Crippen molar-refractivity contribution in [1.29, 1.82) is 0 Å². The van der Waals surface area contributed by atoms with Gasteiger partial charge in [-0.3, -0.25) is 4.21 Å². The van der Waals surface area contributed by atoms with E-state index < -0.39 is 11.1 Å². The van der Waals surface area contributed by atoms with Crippen molar-refractivity contribution in [2.75, 3.05) is 0 Å². The maximum absolute atomic E-state index is 10.6. The number of ether oxygens (including phenoxy) is 1. The molecular weight excluding hydrogens is 200 g/mol. The highest BCUT2D eigenvalue weighted by atomic mass is 32.2. The van der Waals surface area contributed by atoms with Crippen LogP contribution < -0.4 is 4.74 Å². The van der Waals surface area contributed by atoms with Gasteiger partial charge in [-0.1, -0.05) is 0 Å². The van der Waals surface area contributed by atoms with Crippen LogP contribution in [0.5, 0.6) is 5.75 Å². The molecule has 3 nitrogen and oxygen atoms in total. The fourth-order valence-corrected chi connectivity index (χ4v) is 1.33. The first-order valence-electron chi connectivity index (χ1n) is 4.27. The Balaban J connectivity index is 2.79. The summed E-state index contributed by atoms with van der Waals surface area (Å²) >= 11 is -2.17. The molecule has 0 aliphatic heterocycles. The summed E-state index contributed by atoms with van der Waals surface area (Å²) in [5, 5.41) is 0. The molecule has 0 aromatic heterocycles. The minimum atomic E-state index is -2.17. The van der Waals surface area contributed by atoms with Gasteiger partial charge >= 0.3 is 0 Å². The van der Waals surface area contributed by atoms with E-state index in [0.717, 1.165) is 0 Å². The first-order chi connectivity index (χ1) is 6.38. The molecule has 4 heteroatoms. The molecule has 0 N–H and O–H groups in total. The minimum Gasteiger partial charge on any atom is -0.768 e. The van der Waals surface area contributed by atoms with Gasteiger partial charge in [0.1, 0.15) is 11.4 Å². The molecule has 78 valence electrons. The van der Waals surface area contributed by atoms with E-state index in [1.165, 1.54) is 12.1 Å². The number of hydrogen-bond donors (Lipinski definition) is 0. The van der Waals surface area contributed by atoms with E-state index >= 15 is 0 Å². The maximum atomic E-state index is 10.6. The second-order valence-corrected chi connectivity index (χ2v) is 4.86. The molecule has 0 aliphatic carbocycles. The van der Waals surface area contributed by atoms with Gasteiger partial charge in [-0.05, 0) is 56.1 Å². The van der Waals surface area contributed by atoms with Crippen LogP contribution in [0.4, 0.5) is 0 Å². The zero-order chi connectivity index (χ0) is 10.8. The molecule has 0 saturated heterocycles. The van der Waals surface area contributed by atoms with Crippen LogP contribution in [-0.4, -0.2) is 14.4 Å². The van der Waals surface area contributed by atoms with Crippen molar-refractivity contribution < 1.29 is 13.5 Å². The molecular formula is C10H13O3S-. The molecule has 1 aromatic rings. The second kappa shape index (κ2) is 4.11. The molecule has 0 saturated carbocycles. The molecule has 0 radical (unpaired) electrons. The molecule has 0 amide bonds. The fraction of sp³-hybridized carbons (Fsp3) is 0.400.